The van der Waals surface area contributed by atoms with E-state index in [9.17, 15) is 28.6 Å². The van der Waals surface area contributed by atoms with Crippen molar-refractivity contribution in [3.05, 3.63) is 33.1 Å². The highest BCUT2D eigenvalue weighted by molar-refractivity contribution is 5.18. The molecule has 1 aliphatic heterocycles. The summed E-state index contributed by atoms with van der Waals surface area (Å²) < 4.78 is 32.2. The largest absolute Gasteiger partial charge is 0.392 e. The van der Waals surface area contributed by atoms with E-state index in [1.807, 2.05) is 10.9 Å². The molecule has 2 rings (SSSR count). The van der Waals surface area contributed by atoms with Gasteiger partial charge in [0.1, 0.15) is 6.10 Å². The molecule has 1 fully saturated rings. The Morgan fingerprint density at radius 3 is 2.71 bits per heavy atom. The number of nitrogens with zero attached hydrogens (tertiary/aromatic N) is 1. The molecule has 0 spiro atoms. The Kier molecular flexibility index (Phi) is 3.95. The molecule has 1 aromatic rings. The molecule has 1 aliphatic rings. The van der Waals surface area contributed by atoms with E-state index >= 15 is 0 Å². The van der Waals surface area contributed by atoms with E-state index in [2.05, 4.69) is 0 Å². The summed E-state index contributed by atoms with van der Waals surface area (Å²) in [6.45, 7) is -0.900. The van der Waals surface area contributed by atoms with Crippen molar-refractivity contribution in [2.75, 3.05) is 6.61 Å². The highest BCUT2D eigenvalue weighted by atomic mass is 19.3. The molecule has 0 aromatic carbocycles. The zero-order valence-electron chi connectivity index (χ0n) is 10.6. The van der Waals surface area contributed by atoms with Crippen LogP contribution >= 0.6 is 0 Å². The van der Waals surface area contributed by atoms with Gasteiger partial charge in [0.25, 0.3) is 5.56 Å². The molecule has 0 bridgehead atoms. The van der Waals surface area contributed by atoms with Crippen LogP contribution in [0.1, 0.15) is 6.23 Å². The molecular formula is C12H12F2N2O5. The van der Waals surface area contributed by atoms with E-state index in [-0.39, 0.29) is 0 Å². The molecule has 2 heterocycles. The lowest BCUT2D eigenvalue weighted by molar-refractivity contribution is -0.0942. The summed E-state index contributed by atoms with van der Waals surface area (Å²) in [5.41, 5.74) is -3.74. The van der Waals surface area contributed by atoms with Crippen LogP contribution in [0.4, 0.5) is 8.78 Å². The third kappa shape index (κ3) is 2.37. The van der Waals surface area contributed by atoms with Crippen molar-refractivity contribution in [2.24, 2.45) is 5.92 Å². The Balaban J connectivity index is 2.54. The van der Waals surface area contributed by atoms with Gasteiger partial charge in [-0.25, -0.2) is 13.6 Å². The Labute approximate surface area is 116 Å². The van der Waals surface area contributed by atoms with Crippen LogP contribution in [0.25, 0.3) is 0 Å². The van der Waals surface area contributed by atoms with Gasteiger partial charge in [-0.2, -0.15) is 0 Å². The number of aliphatic hydroxyl groups excluding tert-OH is 2. The van der Waals surface area contributed by atoms with Crippen LogP contribution in [0.15, 0.2) is 21.9 Å². The van der Waals surface area contributed by atoms with Crippen LogP contribution in [-0.2, 0) is 4.74 Å². The standard InChI is InChI=1S/C12H12F2N2O5/c1-2-12(5-17)8(19)7(9(13)14)10(21-12)16-4-3-6(18)15-11(16)20/h1,3-4,7-10,17,19H,5H2,(H,15,18,20)/t7-,8+,10-,12-/m1/s1. The first kappa shape index (κ1) is 15.4. The minimum atomic E-state index is -3.06. The Morgan fingerprint density at radius 1 is 1.57 bits per heavy atom. The fourth-order valence-electron chi connectivity index (χ4n) is 2.26. The summed E-state index contributed by atoms with van der Waals surface area (Å²) in [6, 6.07) is 0.939. The van der Waals surface area contributed by atoms with E-state index in [1.54, 1.807) is 0 Å². The molecule has 0 amide bonds. The molecule has 0 saturated carbocycles. The summed E-state index contributed by atoms with van der Waals surface area (Å²) >= 11 is 0. The summed E-state index contributed by atoms with van der Waals surface area (Å²) in [6.07, 6.45) is -0.455. The second-order valence-corrected chi connectivity index (χ2v) is 4.57. The number of rotatable bonds is 3. The fourth-order valence-corrected chi connectivity index (χ4v) is 2.26. The van der Waals surface area contributed by atoms with E-state index in [1.165, 1.54) is 0 Å². The first-order valence-corrected chi connectivity index (χ1v) is 5.90. The lowest BCUT2D eigenvalue weighted by atomic mass is 9.91. The normalized spacial score (nSPS) is 32.3. The van der Waals surface area contributed by atoms with Gasteiger partial charge in [0.2, 0.25) is 6.43 Å². The summed E-state index contributed by atoms with van der Waals surface area (Å²) in [4.78, 5) is 24.6. The van der Waals surface area contributed by atoms with Crippen LogP contribution in [0, 0.1) is 18.3 Å². The van der Waals surface area contributed by atoms with Crippen molar-refractivity contribution in [3.8, 4) is 12.3 Å². The molecule has 1 aromatic heterocycles. The average Bonchev–Trinajstić information content (AvgIpc) is 2.72. The maximum Gasteiger partial charge on any atom is 0.330 e. The second kappa shape index (κ2) is 5.40. The number of halogens is 2. The van der Waals surface area contributed by atoms with Crippen LogP contribution < -0.4 is 11.2 Å². The second-order valence-electron chi connectivity index (χ2n) is 4.57. The lowest BCUT2D eigenvalue weighted by Gasteiger charge is -2.24. The minimum absolute atomic E-state index is 0.691. The van der Waals surface area contributed by atoms with Gasteiger partial charge in [0.15, 0.2) is 11.8 Å². The van der Waals surface area contributed by atoms with E-state index in [0.717, 1.165) is 12.3 Å². The van der Waals surface area contributed by atoms with E-state index < -0.39 is 48.1 Å². The predicted octanol–water partition coefficient (Wildman–Crippen LogP) is -1.33. The van der Waals surface area contributed by atoms with Crippen LogP contribution in [-0.4, -0.2) is 44.5 Å². The summed E-state index contributed by atoms with van der Waals surface area (Å²) in [7, 11) is 0. The SMILES string of the molecule is C#C[C@]1(CO)O[C@@H](n2ccc(=O)[nH]c2=O)[C@@H](C(F)F)[C@@H]1O. The molecule has 0 aliphatic carbocycles. The first-order valence-electron chi connectivity index (χ1n) is 5.90. The Morgan fingerprint density at radius 2 is 2.24 bits per heavy atom. The van der Waals surface area contributed by atoms with Gasteiger partial charge >= 0.3 is 5.69 Å². The maximum absolute atomic E-state index is 13.2. The molecule has 9 heteroatoms. The van der Waals surface area contributed by atoms with Gasteiger partial charge in [-0.3, -0.25) is 14.3 Å². The fraction of sp³-hybridized carbons (Fsp3) is 0.500. The molecule has 0 unspecified atom stereocenters. The van der Waals surface area contributed by atoms with E-state index in [0.29, 0.717) is 4.57 Å². The third-order valence-electron chi connectivity index (χ3n) is 3.40. The number of H-pyrrole nitrogens is 1. The van der Waals surface area contributed by atoms with Crippen LogP contribution in [0.3, 0.4) is 0 Å². The summed E-state index contributed by atoms with van der Waals surface area (Å²) in [5, 5.41) is 19.2. The Hall–Kier alpha value is -2.02. The van der Waals surface area contributed by atoms with Gasteiger partial charge in [-0.1, -0.05) is 5.92 Å². The van der Waals surface area contributed by atoms with Gasteiger partial charge in [0, 0.05) is 12.3 Å². The number of hydrogen-bond donors (Lipinski definition) is 3. The first-order chi connectivity index (χ1) is 9.86. The molecule has 21 heavy (non-hydrogen) atoms. The highest BCUT2D eigenvalue weighted by Gasteiger charge is 2.57. The zero-order chi connectivity index (χ0) is 15.8. The predicted molar refractivity (Wildman–Crippen MR) is 65.6 cm³/mol. The molecule has 1 saturated heterocycles. The van der Waals surface area contributed by atoms with Gasteiger partial charge < -0.3 is 14.9 Å². The minimum Gasteiger partial charge on any atom is -0.392 e. The number of aliphatic hydroxyl groups is 2. The monoisotopic (exact) mass is 302 g/mol. The number of terminal acetylenes is 1. The molecule has 4 atom stereocenters. The maximum atomic E-state index is 13.2. The number of ether oxygens (including phenoxy) is 1. The molecule has 3 N–H and O–H groups in total. The lowest BCUT2D eigenvalue weighted by Crippen LogP contribution is -2.44. The van der Waals surface area contributed by atoms with Gasteiger partial charge in [-0.15, -0.1) is 6.42 Å². The van der Waals surface area contributed by atoms with Crippen molar-refractivity contribution in [2.45, 2.75) is 24.4 Å². The Bertz CT molecular complexity index is 679. The van der Waals surface area contributed by atoms with Crippen LogP contribution in [0.2, 0.25) is 0 Å². The third-order valence-corrected chi connectivity index (χ3v) is 3.40. The van der Waals surface area contributed by atoms with E-state index in [4.69, 9.17) is 11.2 Å². The number of aromatic amines is 1. The smallest absolute Gasteiger partial charge is 0.330 e. The van der Waals surface area contributed by atoms with Gasteiger partial charge in [0.05, 0.1) is 12.5 Å². The summed E-state index contributed by atoms with van der Waals surface area (Å²) in [5.74, 6) is 0.113. The molecule has 0 radical (unpaired) electrons. The van der Waals surface area contributed by atoms with Crippen molar-refractivity contribution in [1.82, 2.24) is 9.55 Å². The van der Waals surface area contributed by atoms with Crippen molar-refractivity contribution < 1.29 is 23.7 Å². The molecular weight excluding hydrogens is 290 g/mol. The molecule has 7 nitrogen and oxygen atoms in total. The van der Waals surface area contributed by atoms with Gasteiger partial charge in [-0.05, 0) is 0 Å². The topological polar surface area (TPSA) is 105 Å². The highest BCUT2D eigenvalue weighted by Crippen LogP contribution is 2.43. The average molecular weight is 302 g/mol. The van der Waals surface area contributed by atoms with Crippen molar-refractivity contribution in [1.29, 1.82) is 0 Å². The number of alkyl halides is 2. The number of hydrogen-bond acceptors (Lipinski definition) is 5. The van der Waals surface area contributed by atoms with Crippen molar-refractivity contribution >= 4 is 0 Å². The number of aromatic nitrogens is 2. The molecule has 114 valence electrons. The quantitative estimate of drug-likeness (QED) is 0.600. The zero-order valence-corrected chi connectivity index (χ0v) is 10.6. The van der Waals surface area contributed by atoms with Crippen molar-refractivity contribution in [3.63, 3.8) is 0 Å². The number of nitrogens with one attached hydrogen (secondary N) is 1. The van der Waals surface area contributed by atoms with Crippen LogP contribution in [0.5, 0.6) is 0 Å².